The van der Waals surface area contributed by atoms with E-state index in [1.165, 1.54) is 0 Å². The Labute approximate surface area is 62.8 Å². The van der Waals surface area contributed by atoms with Crippen LogP contribution < -0.4 is 0 Å². The lowest BCUT2D eigenvalue weighted by Gasteiger charge is -2.07. The first-order valence-electron chi connectivity index (χ1n) is 3.44. The molecular weight excluding hydrogens is 128 g/mol. The maximum atomic E-state index is 4.94. The molecule has 0 fully saturated rings. The largest absolute Gasteiger partial charge is 0.352 e. The van der Waals surface area contributed by atoms with E-state index in [1.807, 2.05) is 6.08 Å². The normalized spacial score (nSPS) is 12.2. The van der Waals surface area contributed by atoms with Crippen LogP contribution in [0.25, 0.3) is 0 Å². The van der Waals surface area contributed by atoms with E-state index >= 15 is 0 Å². The SMILES string of the molecule is COC(/C=C/C(C)C)OC. The summed E-state index contributed by atoms with van der Waals surface area (Å²) in [5, 5.41) is 0. The van der Waals surface area contributed by atoms with Crippen molar-refractivity contribution >= 4 is 0 Å². The summed E-state index contributed by atoms with van der Waals surface area (Å²) in [5.41, 5.74) is 0. The van der Waals surface area contributed by atoms with E-state index in [9.17, 15) is 0 Å². The molecule has 0 saturated carbocycles. The predicted molar refractivity (Wildman–Crippen MR) is 41.8 cm³/mol. The molecule has 0 radical (unpaired) electrons. The third-order valence-corrected chi connectivity index (χ3v) is 1.12. The molecule has 0 aromatic rings. The summed E-state index contributed by atoms with van der Waals surface area (Å²) >= 11 is 0. The molecule has 0 saturated heterocycles. The van der Waals surface area contributed by atoms with Gasteiger partial charge < -0.3 is 9.47 Å². The molecule has 0 aliphatic heterocycles. The highest BCUT2D eigenvalue weighted by molar-refractivity contribution is 4.87. The fourth-order valence-electron chi connectivity index (χ4n) is 0.566. The highest BCUT2D eigenvalue weighted by atomic mass is 16.7. The van der Waals surface area contributed by atoms with Gasteiger partial charge in [-0.2, -0.15) is 0 Å². The Morgan fingerprint density at radius 3 is 1.80 bits per heavy atom. The number of rotatable bonds is 4. The van der Waals surface area contributed by atoms with Crippen LogP contribution >= 0.6 is 0 Å². The molecule has 0 aliphatic carbocycles. The van der Waals surface area contributed by atoms with Gasteiger partial charge in [0, 0.05) is 14.2 Å². The lowest BCUT2D eigenvalue weighted by molar-refractivity contribution is -0.0668. The van der Waals surface area contributed by atoms with Crippen molar-refractivity contribution in [2.75, 3.05) is 14.2 Å². The molecule has 0 aromatic carbocycles. The molecule has 10 heavy (non-hydrogen) atoms. The third-order valence-electron chi connectivity index (χ3n) is 1.12. The minimum atomic E-state index is -0.192. The second-order valence-electron chi connectivity index (χ2n) is 2.47. The molecule has 0 heterocycles. The predicted octanol–water partition coefficient (Wildman–Crippen LogP) is 1.82. The summed E-state index contributed by atoms with van der Waals surface area (Å²) in [5.74, 6) is 0.549. The molecule has 0 amide bonds. The van der Waals surface area contributed by atoms with Crippen LogP contribution in [0.4, 0.5) is 0 Å². The van der Waals surface area contributed by atoms with Crippen molar-refractivity contribution in [2.45, 2.75) is 20.1 Å². The highest BCUT2D eigenvalue weighted by Crippen LogP contribution is 1.98. The molecule has 0 bridgehead atoms. The average molecular weight is 144 g/mol. The van der Waals surface area contributed by atoms with Gasteiger partial charge in [0.05, 0.1) is 0 Å². The molecule has 0 aromatic heterocycles. The standard InChI is InChI=1S/C8H16O2/c1-7(2)5-6-8(9-3)10-4/h5-8H,1-4H3/b6-5+. The van der Waals surface area contributed by atoms with E-state index in [0.29, 0.717) is 5.92 Å². The molecule has 0 rings (SSSR count). The lowest BCUT2D eigenvalue weighted by Crippen LogP contribution is -2.08. The first-order chi connectivity index (χ1) is 4.70. The van der Waals surface area contributed by atoms with Gasteiger partial charge in [0.15, 0.2) is 6.29 Å². The smallest absolute Gasteiger partial charge is 0.176 e. The van der Waals surface area contributed by atoms with Gasteiger partial charge in [0.2, 0.25) is 0 Å². The monoisotopic (exact) mass is 144 g/mol. The first kappa shape index (κ1) is 9.66. The summed E-state index contributed by atoms with van der Waals surface area (Å²) in [4.78, 5) is 0. The molecule has 60 valence electrons. The van der Waals surface area contributed by atoms with E-state index in [4.69, 9.17) is 9.47 Å². The molecule has 0 N–H and O–H groups in total. The van der Waals surface area contributed by atoms with Gasteiger partial charge in [0.1, 0.15) is 0 Å². The number of ether oxygens (including phenoxy) is 2. The Balaban J connectivity index is 3.61. The highest BCUT2D eigenvalue weighted by Gasteiger charge is 1.96. The minimum Gasteiger partial charge on any atom is -0.352 e. The fourth-order valence-corrected chi connectivity index (χ4v) is 0.566. The zero-order valence-electron chi connectivity index (χ0n) is 7.13. The van der Waals surface area contributed by atoms with Crippen LogP contribution in [0.3, 0.4) is 0 Å². The van der Waals surface area contributed by atoms with Crippen LogP contribution in [0.1, 0.15) is 13.8 Å². The van der Waals surface area contributed by atoms with E-state index in [-0.39, 0.29) is 6.29 Å². The lowest BCUT2D eigenvalue weighted by atomic mass is 10.2. The van der Waals surface area contributed by atoms with Gasteiger partial charge in [-0.25, -0.2) is 0 Å². The Morgan fingerprint density at radius 2 is 1.50 bits per heavy atom. The Bertz CT molecular complexity index is 93.4. The molecular formula is C8H16O2. The number of hydrogen-bond acceptors (Lipinski definition) is 2. The number of allylic oxidation sites excluding steroid dienone is 1. The van der Waals surface area contributed by atoms with Gasteiger partial charge in [-0.05, 0) is 12.0 Å². The van der Waals surface area contributed by atoms with Gasteiger partial charge in [-0.15, -0.1) is 0 Å². The van der Waals surface area contributed by atoms with Crippen LogP contribution in [0, 0.1) is 5.92 Å². The van der Waals surface area contributed by atoms with Crippen LogP contribution in [-0.2, 0) is 9.47 Å². The van der Waals surface area contributed by atoms with E-state index in [2.05, 4.69) is 19.9 Å². The van der Waals surface area contributed by atoms with Crippen LogP contribution in [0.15, 0.2) is 12.2 Å². The molecule has 0 aliphatic rings. The zero-order valence-corrected chi connectivity index (χ0v) is 7.13. The molecule has 2 heteroatoms. The maximum Gasteiger partial charge on any atom is 0.176 e. The second kappa shape index (κ2) is 5.45. The Morgan fingerprint density at radius 1 is 1.00 bits per heavy atom. The van der Waals surface area contributed by atoms with Gasteiger partial charge in [-0.3, -0.25) is 0 Å². The molecule has 0 unspecified atom stereocenters. The fraction of sp³-hybridized carbons (Fsp3) is 0.750. The number of methoxy groups -OCH3 is 2. The summed E-state index contributed by atoms with van der Waals surface area (Å²) in [6.45, 7) is 4.22. The molecule has 0 atom stereocenters. The summed E-state index contributed by atoms with van der Waals surface area (Å²) in [6, 6.07) is 0. The van der Waals surface area contributed by atoms with E-state index in [1.54, 1.807) is 14.2 Å². The van der Waals surface area contributed by atoms with Crippen molar-refractivity contribution < 1.29 is 9.47 Å². The summed E-state index contributed by atoms with van der Waals surface area (Å²) in [7, 11) is 3.25. The summed E-state index contributed by atoms with van der Waals surface area (Å²) in [6.07, 6.45) is 3.77. The van der Waals surface area contributed by atoms with Crippen molar-refractivity contribution in [3.05, 3.63) is 12.2 Å². The molecule has 2 nitrogen and oxygen atoms in total. The van der Waals surface area contributed by atoms with E-state index < -0.39 is 0 Å². The van der Waals surface area contributed by atoms with Crippen molar-refractivity contribution in [1.82, 2.24) is 0 Å². The van der Waals surface area contributed by atoms with Crippen molar-refractivity contribution in [2.24, 2.45) is 5.92 Å². The first-order valence-corrected chi connectivity index (χ1v) is 3.44. The summed E-state index contributed by atoms with van der Waals surface area (Å²) < 4.78 is 9.88. The zero-order chi connectivity index (χ0) is 7.98. The van der Waals surface area contributed by atoms with Gasteiger partial charge >= 0.3 is 0 Å². The van der Waals surface area contributed by atoms with Gasteiger partial charge in [0.25, 0.3) is 0 Å². The van der Waals surface area contributed by atoms with Crippen LogP contribution in [0.5, 0.6) is 0 Å². The van der Waals surface area contributed by atoms with E-state index in [0.717, 1.165) is 0 Å². The average Bonchev–Trinajstić information content (AvgIpc) is 1.90. The molecule has 0 spiro atoms. The van der Waals surface area contributed by atoms with Gasteiger partial charge in [-0.1, -0.05) is 19.9 Å². The van der Waals surface area contributed by atoms with Crippen molar-refractivity contribution in [1.29, 1.82) is 0 Å². The Hall–Kier alpha value is -0.340. The van der Waals surface area contributed by atoms with Crippen LogP contribution in [-0.4, -0.2) is 20.5 Å². The second-order valence-corrected chi connectivity index (χ2v) is 2.47. The minimum absolute atomic E-state index is 0.192. The third kappa shape index (κ3) is 4.53. The Kier molecular flexibility index (Phi) is 5.26. The number of hydrogen-bond donors (Lipinski definition) is 0. The van der Waals surface area contributed by atoms with Crippen LogP contribution in [0.2, 0.25) is 0 Å². The van der Waals surface area contributed by atoms with Crippen molar-refractivity contribution in [3.63, 3.8) is 0 Å². The topological polar surface area (TPSA) is 18.5 Å². The maximum absolute atomic E-state index is 4.94. The quantitative estimate of drug-likeness (QED) is 0.442. The van der Waals surface area contributed by atoms with Crippen molar-refractivity contribution in [3.8, 4) is 0 Å².